The summed E-state index contributed by atoms with van der Waals surface area (Å²) < 4.78 is 41.8. The molecule has 0 unspecified atom stereocenters. The van der Waals surface area contributed by atoms with E-state index in [1.807, 2.05) is 6.07 Å². The highest BCUT2D eigenvalue weighted by molar-refractivity contribution is 5.69. The van der Waals surface area contributed by atoms with E-state index in [4.69, 9.17) is 0 Å². The van der Waals surface area contributed by atoms with Crippen LogP contribution in [0.25, 0.3) is 11.3 Å². The molecule has 0 fully saturated rings. The molecule has 3 rings (SSSR count). The summed E-state index contributed by atoms with van der Waals surface area (Å²) in [6, 6.07) is 10.9. The van der Waals surface area contributed by atoms with Gasteiger partial charge in [-0.15, -0.1) is 13.2 Å². The highest BCUT2D eigenvalue weighted by atomic mass is 19.4. The predicted octanol–water partition coefficient (Wildman–Crippen LogP) is 4.22. The van der Waals surface area contributed by atoms with Crippen LogP contribution in [-0.2, 0) is 0 Å². The fourth-order valence-corrected chi connectivity index (χ4v) is 2.21. The largest absolute Gasteiger partial charge is 0.573 e. The summed E-state index contributed by atoms with van der Waals surface area (Å²) in [7, 11) is 1.65. The van der Waals surface area contributed by atoms with Crippen LogP contribution in [0.1, 0.15) is 0 Å². The van der Waals surface area contributed by atoms with Crippen molar-refractivity contribution in [2.45, 2.75) is 6.36 Å². The summed E-state index contributed by atoms with van der Waals surface area (Å²) in [5.74, 6) is 0.261. The molecular formula is C17H14F3N5O. The van der Waals surface area contributed by atoms with Crippen LogP contribution < -0.4 is 15.4 Å². The number of anilines is 3. The molecule has 0 radical (unpaired) electrons. The second-order valence-electron chi connectivity index (χ2n) is 5.12. The van der Waals surface area contributed by atoms with E-state index in [2.05, 4.69) is 30.3 Å². The summed E-state index contributed by atoms with van der Waals surface area (Å²) in [6.07, 6.45) is -1.53. The maximum Gasteiger partial charge on any atom is 0.573 e. The number of benzene rings is 1. The summed E-state index contributed by atoms with van der Waals surface area (Å²) in [6.45, 7) is 0. The molecule has 0 bridgehead atoms. The highest BCUT2D eigenvalue weighted by Gasteiger charge is 2.32. The lowest BCUT2D eigenvalue weighted by molar-refractivity contribution is -0.274. The van der Waals surface area contributed by atoms with Gasteiger partial charge < -0.3 is 15.4 Å². The number of pyridine rings is 1. The van der Waals surface area contributed by atoms with Crippen molar-refractivity contribution >= 4 is 17.5 Å². The average molecular weight is 361 g/mol. The Bertz CT molecular complexity index is 887. The minimum atomic E-state index is -4.79. The lowest BCUT2D eigenvalue weighted by Gasteiger charge is -2.15. The van der Waals surface area contributed by atoms with Crippen molar-refractivity contribution in [3.8, 4) is 17.0 Å². The minimum absolute atomic E-state index is 0.128. The van der Waals surface area contributed by atoms with Gasteiger partial charge in [0.15, 0.2) is 5.75 Å². The number of rotatable bonds is 5. The minimum Gasteiger partial charge on any atom is -0.404 e. The molecule has 134 valence electrons. The molecule has 0 spiro atoms. The molecule has 0 saturated carbocycles. The van der Waals surface area contributed by atoms with Crippen LogP contribution in [-0.4, -0.2) is 28.4 Å². The first kappa shape index (κ1) is 17.5. The second kappa shape index (κ2) is 7.26. The van der Waals surface area contributed by atoms with Crippen molar-refractivity contribution in [2.75, 3.05) is 17.7 Å². The number of para-hydroxylation sites is 2. The Kier molecular flexibility index (Phi) is 4.87. The number of nitrogens with zero attached hydrogens (tertiary/aromatic N) is 3. The normalized spacial score (nSPS) is 11.1. The van der Waals surface area contributed by atoms with Crippen molar-refractivity contribution in [3.63, 3.8) is 0 Å². The second-order valence-corrected chi connectivity index (χ2v) is 5.12. The van der Waals surface area contributed by atoms with Gasteiger partial charge in [-0.3, -0.25) is 4.98 Å². The fraction of sp³-hybridized carbons (Fsp3) is 0.118. The topological polar surface area (TPSA) is 72.0 Å². The Hall–Kier alpha value is -3.36. The zero-order valence-electron chi connectivity index (χ0n) is 13.6. The smallest absolute Gasteiger partial charge is 0.404 e. The lowest BCUT2D eigenvalue weighted by atomic mass is 10.2. The van der Waals surface area contributed by atoms with Crippen LogP contribution >= 0.6 is 0 Å². The van der Waals surface area contributed by atoms with Gasteiger partial charge in [0.25, 0.3) is 0 Å². The Balaban J connectivity index is 1.96. The predicted molar refractivity (Wildman–Crippen MR) is 91.2 cm³/mol. The molecule has 0 aliphatic carbocycles. The number of ether oxygens (including phenoxy) is 1. The van der Waals surface area contributed by atoms with Crippen LogP contribution in [0.15, 0.2) is 54.9 Å². The number of halogens is 3. The Morgan fingerprint density at radius 1 is 1.04 bits per heavy atom. The zero-order valence-corrected chi connectivity index (χ0v) is 13.6. The van der Waals surface area contributed by atoms with Gasteiger partial charge in [-0.25, -0.2) is 4.98 Å². The molecule has 2 N–H and O–H groups in total. The van der Waals surface area contributed by atoms with Gasteiger partial charge in [0.05, 0.1) is 11.4 Å². The van der Waals surface area contributed by atoms with Gasteiger partial charge in [0.1, 0.15) is 5.82 Å². The van der Waals surface area contributed by atoms with E-state index in [1.165, 1.54) is 18.2 Å². The monoisotopic (exact) mass is 361 g/mol. The average Bonchev–Trinajstić information content (AvgIpc) is 2.62. The van der Waals surface area contributed by atoms with Crippen LogP contribution in [0.5, 0.6) is 5.75 Å². The van der Waals surface area contributed by atoms with Crippen molar-refractivity contribution in [1.29, 1.82) is 0 Å². The lowest BCUT2D eigenvalue weighted by Crippen LogP contribution is -2.18. The number of nitrogens with one attached hydrogen (secondary N) is 2. The third-order valence-electron chi connectivity index (χ3n) is 3.28. The third-order valence-corrected chi connectivity index (χ3v) is 3.28. The summed E-state index contributed by atoms with van der Waals surface area (Å²) >= 11 is 0. The molecule has 2 heterocycles. The Morgan fingerprint density at radius 3 is 2.54 bits per heavy atom. The molecule has 0 atom stereocenters. The molecule has 26 heavy (non-hydrogen) atoms. The molecule has 0 aliphatic heterocycles. The molecule has 6 nitrogen and oxygen atoms in total. The zero-order chi connectivity index (χ0) is 18.6. The van der Waals surface area contributed by atoms with E-state index < -0.39 is 6.36 Å². The quantitative estimate of drug-likeness (QED) is 0.709. The van der Waals surface area contributed by atoms with Crippen LogP contribution in [0, 0.1) is 0 Å². The number of hydrogen-bond acceptors (Lipinski definition) is 6. The van der Waals surface area contributed by atoms with Gasteiger partial charge in [-0.1, -0.05) is 12.1 Å². The molecule has 3 aromatic rings. The first-order valence-corrected chi connectivity index (χ1v) is 7.53. The molecular weight excluding hydrogens is 347 g/mol. The molecule has 0 saturated heterocycles. The first-order chi connectivity index (χ1) is 12.4. The molecule has 9 heteroatoms. The van der Waals surface area contributed by atoms with E-state index in [1.54, 1.807) is 37.6 Å². The number of alkyl halides is 3. The molecule has 0 amide bonds. The Morgan fingerprint density at radius 2 is 1.85 bits per heavy atom. The fourth-order valence-electron chi connectivity index (χ4n) is 2.21. The van der Waals surface area contributed by atoms with Crippen molar-refractivity contribution in [1.82, 2.24) is 15.0 Å². The summed E-state index contributed by atoms with van der Waals surface area (Å²) in [5.41, 5.74) is 1.44. The molecule has 0 aliphatic rings. The van der Waals surface area contributed by atoms with Crippen LogP contribution in [0.4, 0.5) is 30.6 Å². The van der Waals surface area contributed by atoms with E-state index in [-0.39, 0.29) is 11.4 Å². The number of hydrogen-bond donors (Lipinski definition) is 2. The van der Waals surface area contributed by atoms with E-state index in [0.717, 1.165) is 5.56 Å². The number of aromatic nitrogens is 3. The van der Waals surface area contributed by atoms with Crippen molar-refractivity contribution in [3.05, 3.63) is 54.9 Å². The molecule has 1 aromatic carbocycles. The van der Waals surface area contributed by atoms with Gasteiger partial charge in [-0.05, 0) is 24.3 Å². The van der Waals surface area contributed by atoms with Gasteiger partial charge in [-0.2, -0.15) is 4.98 Å². The van der Waals surface area contributed by atoms with Gasteiger partial charge in [0.2, 0.25) is 5.95 Å². The van der Waals surface area contributed by atoms with Crippen LogP contribution in [0.2, 0.25) is 0 Å². The highest BCUT2D eigenvalue weighted by Crippen LogP contribution is 2.32. The van der Waals surface area contributed by atoms with E-state index in [9.17, 15) is 13.2 Å². The van der Waals surface area contributed by atoms with Gasteiger partial charge in [0, 0.05) is 31.1 Å². The van der Waals surface area contributed by atoms with E-state index in [0.29, 0.717) is 17.5 Å². The van der Waals surface area contributed by atoms with Crippen molar-refractivity contribution in [2.24, 2.45) is 0 Å². The van der Waals surface area contributed by atoms with Crippen LogP contribution in [0.3, 0.4) is 0 Å². The summed E-state index contributed by atoms with van der Waals surface area (Å²) in [4.78, 5) is 12.6. The van der Waals surface area contributed by atoms with Gasteiger partial charge >= 0.3 is 6.36 Å². The van der Waals surface area contributed by atoms with Crippen molar-refractivity contribution < 1.29 is 17.9 Å². The molecule has 2 aromatic heterocycles. The summed E-state index contributed by atoms with van der Waals surface area (Å²) in [5, 5.41) is 5.67. The maximum atomic E-state index is 12.6. The third kappa shape index (κ3) is 4.38. The Labute approximate surface area is 147 Å². The first-order valence-electron chi connectivity index (χ1n) is 7.53. The standard InChI is InChI=1S/C17H14F3N5O/c1-21-16-24-13(11-5-4-8-22-10-11)9-15(25-16)23-12-6-2-3-7-14(12)26-17(18,19)20/h2-10H,1H3,(H2,21,23,24,25). The SMILES string of the molecule is CNc1nc(Nc2ccccc2OC(F)(F)F)cc(-c2cccnc2)n1. The maximum absolute atomic E-state index is 12.6. The van der Waals surface area contributed by atoms with E-state index >= 15 is 0 Å².